The molecule has 0 spiro atoms. The molecule has 1 aromatic carbocycles. The summed E-state index contributed by atoms with van der Waals surface area (Å²) in [5.74, 6) is 0.908. The number of benzene rings is 1. The lowest BCUT2D eigenvalue weighted by atomic mass is 9.86. The quantitative estimate of drug-likeness (QED) is 0.548. The number of rotatable bonds is 7. The first-order chi connectivity index (χ1) is 8.56. The van der Waals surface area contributed by atoms with Crippen LogP contribution in [0.2, 0.25) is 0 Å². The molecule has 2 nitrogen and oxygen atoms in total. The Kier molecular flexibility index (Phi) is 5.86. The monoisotopic (exact) mass is 312 g/mol. The fourth-order valence-electron chi connectivity index (χ4n) is 1.70. The number of ketones is 1. The van der Waals surface area contributed by atoms with E-state index in [2.05, 4.69) is 29.8 Å². The summed E-state index contributed by atoms with van der Waals surface area (Å²) in [7, 11) is 0. The molecule has 0 amide bonds. The first kappa shape index (κ1) is 15.2. The van der Waals surface area contributed by atoms with Crippen molar-refractivity contribution in [3.8, 4) is 5.75 Å². The van der Waals surface area contributed by atoms with Gasteiger partial charge >= 0.3 is 0 Å². The number of ether oxygens (including phenoxy) is 1. The topological polar surface area (TPSA) is 26.3 Å². The number of alkyl halides is 1. The van der Waals surface area contributed by atoms with Crippen LogP contribution in [-0.2, 0) is 0 Å². The van der Waals surface area contributed by atoms with Crippen LogP contribution >= 0.6 is 15.9 Å². The molecule has 0 radical (unpaired) electrons. The molecule has 0 aliphatic carbocycles. The van der Waals surface area contributed by atoms with Gasteiger partial charge in [-0.3, -0.25) is 4.79 Å². The predicted molar refractivity (Wildman–Crippen MR) is 78.8 cm³/mol. The van der Waals surface area contributed by atoms with E-state index in [1.807, 2.05) is 24.3 Å². The van der Waals surface area contributed by atoms with Gasteiger partial charge in [-0.2, -0.15) is 0 Å². The molecule has 0 bridgehead atoms. The number of Topliss-reactive ketones (excluding diaryl/α,β-unsaturated/α-hetero) is 1. The zero-order valence-electron chi connectivity index (χ0n) is 11.3. The van der Waals surface area contributed by atoms with E-state index in [1.165, 1.54) is 0 Å². The number of hydrogen-bond donors (Lipinski definition) is 0. The highest BCUT2D eigenvalue weighted by Gasteiger charge is 2.25. The van der Waals surface area contributed by atoms with Crippen LogP contribution in [0.4, 0.5) is 0 Å². The lowest BCUT2D eigenvalue weighted by molar-refractivity contribution is 0.101. The van der Waals surface area contributed by atoms with Gasteiger partial charge < -0.3 is 4.74 Å². The average molecular weight is 313 g/mol. The molecule has 18 heavy (non-hydrogen) atoms. The molecule has 0 unspecified atom stereocenters. The standard InChI is InChI=1S/C15H21BrO2/c1-4-15(5-2,10-16)11-18-14-8-6-13(7-9-14)12(3)17/h6-9H,4-5,10-11H2,1-3H3. The van der Waals surface area contributed by atoms with Gasteiger partial charge in [0, 0.05) is 16.3 Å². The van der Waals surface area contributed by atoms with E-state index < -0.39 is 0 Å². The summed E-state index contributed by atoms with van der Waals surface area (Å²) in [6.45, 7) is 6.64. The van der Waals surface area contributed by atoms with Crippen molar-refractivity contribution in [2.45, 2.75) is 33.6 Å². The van der Waals surface area contributed by atoms with Crippen LogP contribution in [0, 0.1) is 5.41 Å². The Bertz CT molecular complexity index is 372. The van der Waals surface area contributed by atoms with Crippen LogP contribution in [0.1, 0.15) is 44.0 Å². The second-order valence-corrected chi connectivity index (χ2v) is 5.27. The Morgan fingerprint density at radius 2 is 1.78 bits per heavy atom. The van der Waals surface area contributed by atoms with Gasteiger partial charge in [-0.25, -0.2) is 0 Å². The SMILES string of the molecule is CCC(CC)(CBr)COc1ccc(C(C)=O)cc1. The maximum atomic E-state index is 11.2. The van der Waals surface area contributed by atoms with Crippen LogP contribution < -0.4 is 4.74 Å². The minimum atomic E-state index is 0.0819. The highest BCUT2D eigenvalue weighted by molar-refractivity contribution is 9.09. The van der Waals surface area contributed by atoms with Crippen molar-refractivity contribution < 1.29 is 9.53 Å². The van der Waals surface area contributed by atoms with Crippen molar-refractivity contribution >= 4 is 21.7 Å². The predicted octanol–water partition coefficient (Wildman–Crippen LogP) is 4.47. The smallest absolute Gasteiger partial charge is 0.159 e. The van der Waals surface area contributed by atoms with Crippen LogP contribution in [0.3, 0.4) is 0 Å². The largest absolute Gasteiger partial charge is 0.493 e. The molecule has 3 heteroatoms. The summed E-state index contributed by atoms with van der Waals surface area (Å²) < 4.78 is 5.84. The van der Waals surface area contributed by atoms with Gasteiger partial charge in [0.2, 0.25) is 0 Å². The van der Waals surface area contributed by atoms with Gasteiger partial charge in [-0.1, -0.05) is 29.8 Å². The Balaban J connectivity index is 2.65. The maximum Gasteiger partial charge on any atom is 0.159 e. The van der Waals surface area contributed by atoms with Crippen molar-refractivity contribution in [2.75, 3.05) is 11.9 Å². The Labute approximate surface area is 118 Å². The summed E-state index contributed by atoms with van der Waals surface area (Å²) in [5, 5.41) is 0.943. The summed E-state index contributed by atoms with van der Waals surface area (Å²) in [4.78, 5) is 11.2. The van der Waals surface area contributed by atoms with E-state index in [-0.39, 0.29) is 11.2 Å². The molecule has 0 saturated carbocycles. The van der Waals surface area contributed by atoms with Gasteiger partial charge in [0.1, 0.15) is 5.75 Å². The molecule has 1 rings (SSSR count). The van der Waals surface area contributed by atoms with Crippen molar-refractivity contribution in [2.24, 2.45) is 5.41 Å². The van der Waals surface area contributed by atoms with E-state index in [0.29, 0.717) is 6.61 Å². The lowest BCUT2D eigenvalue weighted by Crippen LogP contribution is -2.29. The molecule has 0 aliphatic heterocycles. The molecule has 0 aromatic heterocycles. The molecule has 0 heterocycles. The number of hydrogen-bond acceptors (Lipinski definition) is 2. The molecule has 0 aliphatic rings. The van der Waals surface area contributed by atoms with Gasteiger partial charge in [0.25, 0.3) is 0 Å². The molecule has 1 aromatic rings. The van der Waals surface area contributed by atoms with Gasteiger partial charge in [-0.05, 0) is 44.0 Å². The lowest BCUT2D eigenvalue weighted by Gasteiger charge is -2.29. The molecule has 100 valence electrons. The second kappa shape index (κ2) is 6.93. The van der Waals surface area contributed by atoms with Crippen molar-refractivity contribution in [1.29, 1.82) is 0 Å². The van der Waals surface area contributed by atoms with Gasteiger partial charge in [0.15, 0.2) is 5.78 Å². The number of carbonyl (C=O) groups is 1. The molecule has 0 fully saturated rings. The van der Waals surface area contributed by atoms with Crippen molar-refractivity contribution in [3.63, 3.8) is 0 Å². The summed E-state index contributed by atoms with van der Waals surface area (Å²) >= 11 is 3.57. The maximum absolute atomic E-state index is 11.2. The van der Waals surface area contributed by atoms with Gasteiger partial charge in [-0.15, -0.1) is 0 Å². The molecule has 0 N–H and O–H groups in total. The fraction of sp³-hybridized carbons (Fsp3) is 0.533. The minimum Gasteiger partial charge on any atom is -0.493 e. The third-order valence-electron chi connectivity index (χ3n) is 3.59. The van der Waals surface area contributed by atoms with Crippen LogP contribution in [0.25, 0.3) is 0 Å². The van der Waals surface area contributed by atoms with Crippen LogP contribution in [0.15, 0.2) is 24.3 Å². The molecular weight excluding hydrogens is 292 g/mol. The zero-order chi connectivity index (χ0) is 13.6. The molecule has 0 atom stereocenters. The fourth-order valence-corrected chi connectivity index (χ4v) is 2.66. The van der Waals surface area contributed by atoms with Crippen LogP contribution in [0.5, 0.6) is 5.75 Å². The number of halogens is 1. The summed E-state index contributed by atoms with van der Waals surface area (Å²) in [6.07, 6.45) is 2.17. The highest BCUT2D eigenvalue weighted by Crippen LogP contribution is 2.29. The van der Waals surface area contributed by atoms with E-state index in [9.17, 15) is 4.79 Å². The number of carbonyl (C=O) groups excluding carboxylic acids is 1. The Hall–Kier alpha value is -0.830. The summed E-state index contributed by atoms with van der Waals surface area (Å²) in [5.41, 5.74) is 0.916. The minimum absolute atomic E-state index is 0.0819. The normalized spacial score (nSPS) is 11.3. The second-order valence-electron chi connectivity index (χ2n) is 4.71. The van der Waals surface area contributed by atoms with E-state index >= 15 is 0 Å². The van der Waals surface area contributed by atoms with E-state index in [0.717, 1.165) is 29.5 Å². The molecular formula is C15H21BrO2. The first-order valence-corrected chi connectivity index (χ1v) is 7.49. The molecule has 0 saturated heterocycles. The van der Waals surface area contributed by atoms with E-state index in [4.69, 9.17) is 4.74 Å². The van der Waals surface area contributed by atoms with Crippen molar-refractivity contribution in [3.05, 3.63) is 29.8 Å². The Morgan fingerprint density at radius 1 is 1.22 bits per heavy atom. The van der Waals surface area contributed by atoms with Crippen LogP contribution in [-0.4, -0.2) is 17.7 Å². The highest BCUT2D eigenvalue weighted by atomic mass is 79.9. The third kappa shape index (κ3) is 3.84. The van der Waals surface area contributed by atoms with Crippen molar-refractivity contribution in [1.82, 2.24) is 0 Å². The summed E-state index contributed by atoms with van der Waals surface area (Å²) in [6, 6.07) is 7.35. The van der Waals surface area contributed by atoms with E-state index in [1.54, 1.807) is 6.92 Å². The third-order valence-corrected chi connectivity index (χ3v) is 4.78. The van der Waals surface area contributed by atoms with Gasteiger partial charge in [0.05, 0.1) is 6.61 Å². The Morgan fingerprint density at radius 3 is 2.17 bits per heavy atom. The first-order valence-electron chi connectivity index (χ1n) is 6.36. The average Bonchev–Trinajstić information content (AvgIpc) is 2.41. The zero-order valence-corrected chi connectivity index (χ0v) is 12.9.